The average molecular weight is 1190 g/mol. The number of aryl methyl sites for hydroxylation is 6. The molecule has 0 spiro atoms. The van der Waals surface area contributed by atoms with Gasteiger partial charge in [-0.05, 0) is 59.6 Å². The van der Waals surface area contributed by atoms with Gasteiger partial charge >= 0.3 is 0 Å². The molecular weight excluding hydrogens is 1080 g/mol. The molecule has 6 rings (SSSR count). The third-order valence-electron chi connectivity index (χ3n) is 22.9. The molecule has 0 saturated carbocycles. The van der Waals surface area contributed by atoms with Gasteiger partial charge in [0, 0.05) is 98.1 Å². The fraction of sp³-hybridized carbons (Fsp3) is 0.735. The van der Waals surface area contributed by atoms with Crippen molar-refractivity contribution < 1.29 is 98.1 Å². The van der Waals surface area contributed by atoms with E-state index in [4.69, 9.17) is 0 Å². The number of hydrogen-bond acceptors (Lipinski definition) is 0. The maximum absolute atomic E-state index is 3.73. The Bertz CT molecular complexity index is 2420. The van der Waals surface area contributed by atoms with E-state index < -0.39 is 0 Å². The van der Waals surface area contributed by atoms with Crippen LogP contribution in [-0.2, 0) is 114 Å². The van der Waals surface area contributed by atoms with E-state index >= 15 is 0 Å². The molecule has 3 atom stereocenters. The molecule has 0 nitrogen and oxygen atoms in total. The average Bonchev–Trinajstić information content (AvgIpc) is 3.29. The first-order valence-corrected chi connectivity index (χ1v) is 27.0. The van der Waals surface area contributed by atoms with Gasteiger partial charge in [0.2, 0.25) is 0 Å². The maximum atomic E-state index is 3.73. The molecule has 3 heteroatoms. The monoisotopic (exact) mass is 1190 g/mol. The quantitative estimate of drug-likeness (QED) is 0.168. The minimum absolute atomic E-state index is 0. The molecule has 393 valence electrons. The Hall–Kier alpha value is 0.972. The second kappa shape index (κ2) is 21.6. The summed E-state index contributed by atoms with van der Waals surface area (Å²) in [5.74, 6) is 2.28. The molecule has 3 aliphatic carbocycles. The molecule has 71 heavy (non-hydrogen) atoms. The van der Waals surface area contributed by atoms with Crippen molar-refractivity contribution >= 4 is 0 Å². The zero-order valence-corrected chi connectivity index (χ0v) is 62.1. The van der Waals surface area contributed by atoms with Crippen molar-refractivity contribution in [3.8, 4) is 0 Å². The van der Waals surface area contributed by atoms with Gasteiger partial charge in [-0.3, -0.25) is 0 Å². The smallest absolute Gasteiger partial charge is 0 e. The van der Waals surface area contributed by atoms with E-state index in [2.05, 4.69) is 261 Å². The van der Waals surface area contributed by atoms with Crippen LogP contribution in [0.25, 0.3) is 0 Å². The summed E-state index contributed by atoms with van der Waals surface area (Å²) in [5, 5.41) is 0. The number of rotatable bonds is 1. The Morgan fingerprint density at radius 2 is 0.606 bits per heavy atom. The Morgan fingerprint density at radius 3 is 0.915 bits per heavy atom. The standard InChI is InChI=1S/C26H43.C22H35.C20H31.3Y/c1-16-15-17(2)19-20(18(16)3)23(7,8)25(11,12)26(13,14)24(9,10)21(19)22(4,5)6;1-13(2)18-17-15(4)12-14(3)16(5)19(17)21(8,9)22(10,11)20(18,6)7;1-12-11-13(2)15-16(14(12)3)19(7,8)20(9,10)17(15)18(4,5)6;;;/h21H,1-14H3;13,18H,1-11H3;17H,1-10H3;;;/q3*-1;;;. The molecule has 3 unspecified atom stereocenters. The first-order valence-electron chi connectivity index (χ1n) is 27.0. The number of fused-ring (bicyclic) bond motifs is 3. The Balaban J connectivity index is 0.000000526. The molecule has 0 fully saturated rings. The number of hydrogen-bond donors (Lipinski definition) is 0. The normalized spacial score (nSPS) is 24.1. The van der Waals surface area contributed by atoms with Crippen molar-refractivity contribution in [2.75, 3.05) is 0 Å². The van der Waals surface area contributed by atoms with Gasteiger partial charge in [-0.15, -0.1) is 33.4 Å². The summed E-state index contributed by atoms with van der Waals surface area (Å²) in [5.41, 5.74) is 24.0. The molecule has 0 aliphatic heterocycles. The maximum Gasteiger partial charge on any atom is 0 e. The summed E-state index contributed by atoms with van der Waals surface area (Å²) in [7, 11) is 0. The van der Waals surface area contributed by atoms with Crippen molar-refractivity contribution in [3.05, 3.63) is 102 Å². The van der Waals surface area contributed by atoms with E-state index in [9.17, 15) is 0 Å². The van der Waals surface area contributed by atoms with Crippen LogP contribution in [-0.4, -0.2) is 0 Å². The fourth-order valence-corrected chi connectivity index (χ4v) is 16.3. The largest absolute Gasteiger partial charge is 0.177 e. The van der Waals surface area contributed by atoms with Crippen LogP contribution in [0.15, 0.2) is 0 Å². The van der Waals surface area contributed by atoms with E-state index in [0.717, 1.165) is 0 Å². The van der Waals surface area contributed by atoms with Crippen LogP contribution in [0.2, 0.25) is 0 Å². The summed E-state index contributed by atoms with van der Waals surface area (Å²) >= 11 is 0. The van der Waals surface area contributed by atoms with Crippen LogP contribution < -0.4 is 0 Å². The number of benzene rings is 3. The van der Waals surface area contributed by atoms with Crippen LogP contribution in [0, 0.1) is 130 Å². The summed E-state index contributed by atoms with van der Waals surface area (Å²) in [6.07, 6.45) is 0. The zero-order chi connectivity index (χ0) is 53.6. The Kier molecular flexibility index (Phi) is 21.2. The molecular formula is C68H109Y3-3. The van der Waals surface area contributed by atoms with Crippen LogP contribution in [0.5, 0.6) is 0 Å². The van der Waals surface area contributed by atoms with Crippen LogP contribution in [0.3, 0.4) is 0 Å². The SMILES string of the molecule is Cc1[c-]c(C)c2c(c1C)C(C)(C)C(C)(C)C(C)(C)C(C)(C)C2C(C)(C)C.Cc1[c-]c(C)c2c(c1C)C(C)(C)C(C)(C)C(C)(C)C2C(C)C.Cc1[c-]c(C)c2c(c1C)C(C)(C)C(C)(C)C2C(C)(C)C.[Y].[Y].[Y]. The van der Waals surface area contributed by atoms with Crippen molar-refractivity contribution in [1.82, 2.24) is 0 Å². The Morgan fingerprint density at radius 1 is 0.338 bits per heavy atom. The molecule has 3 aromatic carbocycles. The van der Waals surface area contributed by atoms with E-state index in [1.807, 2.05) is 0 Å². The molecule has 3 aliphatic rings. The first-order chi connectivity index (χ1) is 29.9. The van der Waals surface area contributed by atoms with Crippen molar-refractivity contribution in [2.45, 2.75) is 276 Å². The van der Waals surface area contributed by atoms with Crippen molar-refractivity contribution in [3.63, 3.8) is 0 Å². The van der Waals surface area contributed by atoms with Crippen LogP contribution >= 0.6 is 0 Å². The van der Waals surface area contributed by atoms with E-state index in [0.29, 0.717) is 23.7 Å². The summed E-state index contributed by atoms with van der Waals surface area (Å²) in [4.78, 5) is 0. The molecule has 0 bridgehead atoms. The van der Waals surface area contributed by atoms with E-state index in [1.54, 1.807) is 33.4 Å². The van der Waals surface area contributed by atoms with Crippen LogP contribution in [0.1, 0.15) is 281 Å². The summed E-state index contributed by atoms with van der Waals surface area (Å²) < 4.78 is 0. The molecule has 0 N–H and O–H groups in total. The van der Waals surface area contributed by atoms with Gasteiger partial charge in [-0.25, -0.2) is 0 Å². The molecule has 0 saturated heterocycles. The van der Waals surface area contributed by atoms with E-state index in [-0.39, 0.29) is 158 Å². The minimum Gasteiger partial charge on any atom is -0.177 e. The third kappa shape index (κ3) is 10.5. The van der Waals surface area contributed by atoms with Gasteiger partial charge in [0.25, 0.3) is 0 Å². The van der Waals surface area contributed by atoms with Crippen LogP contribution in [0.4, 0.5) is 0 Å². The van der Waals surface area contributed by atoms with Gasteiger partial charge in [0.1, 0.15) is 0 Å². The minimum atomic E-state index is 0. The first kappa shape index (κ1) is 70.0. The van der Waals surface area contributed by atoms with Gasteiger partial charge in [0.15, 0.2) is 0 Å². The van der Waals surface area contributed by atoms with Crippen molar-refractivity contribution in [1.29, 1.82) is 0 Å². The van der Waals surface area contributed by atoms with Crippen molar-refractivity contribution in [2.24, 2.45) is 49.2 Å². The molecule has 3 radical (unpaired) electrons. The molecule has 0 heterocycles. The second-order valence-electron chi connectivity index (χ2n) is 30.6. The Labute approximate surface area is 519 Å². The molecule has 0 aromatic heterocycles. The predicted octanol–water partition coefficient (Wildman–Crippen LogP) is 20.3. The third-order valence-corrected chi connectivity index (χ3v) is 22.9. The van der Waals surface area contributed by atoms with Gasteiger partial charge in [-0.1, -0.05) is 266 Å². The van der Waals surface area contributed by atoms with E-state index in [1.165, 1.54) is 50.1 Å². The fourth-order valence-electron chi connectivity index (χ4n) is 16.3. The predicted molar refractivity (Wildman–Crippen MR) is 302 cm³/mol. The summed E-state index contributed by atoms with van der Waals surface area (Å²) in [6, 6.07) is 11.0. The summed E-state index contributed by atoms with van der Waals surface area (Å²) in [6.45, 7) is 84.3. The molecule has 0 amide bonds. The van der Waals surface area contributed by atoms with Gasteiger partial charge in [0.05, 0.1) is 0 Å². The van der Waals surface area contributed by atoms with Gasteiger partial charge < -0.3 is 0 Å². The zero-order valence-electron chi connectivity index (χ0n) is 53.5. The van der Waals surface area contributed by atoms with Gasteiger partial charge in [-0.2, -0.15) is 68.3 Å². The molecule has 3 aromatic rings. The second-order valence-corrected chi connectivity index (χ2v) is 30.6. The topological polar surface area (TPSA) is 0 Å².